The van der Waals surface area contributed by atoms with Crippen molar-refractivity contribution in [3.63, 3.8) is 0 Å². The van der Waals surface area contributed by atoms with Crippen LogP contribution in [0, 0.1) is 0 Å². The SMILES string of the molecule is B1c2cccc(-c3ccc4c(c3)oc3ccccc34)c2-c2cccc(-n3c4c(c5ccc6oc7ccccc7c6c53)CCC=C4)c21. The van der Waals surface area contributed by atoms with E-state index >= 15 is 0 Å². The highest BCUT2D eigenvalue weighted by Crippen LogP contribution is 2.43. The van der Waals surface area contributed by atoms with Crippen LogP contribution < -0.4 is 10.9 Å². The van der Waals surface area contributed by atoms with Crippen LogP contribution in [0.5, 0.6) is 0 Å². The molecule has 0 spiro atoms. The predicted octanol–water partition coefficient (Wildman–Crippen LogP) is 9.42. The number of furan rings is 2. The molecule has 1 aliphatic carbocycles. The van der Waals surface area contributed by atoms with Crippen molar-refractivity contribution >= 4 is 79.1 Å². The fourth-order valence-corrected chi connectivity index (χ4v) is 8.37. The van der Waals surface area contributed by atoms with Gasteiger partial charge in [0, 0.05) is 32.9 Å². The van der Waals surface area contributed by atoms with Crippen molar-refractivity contribution in [2.24, 2.45) is 0 Å². The molecule has 0 saturated carbocycles. The van der Waals surface area contributed by atoms with E-state index in [0.717, 1.165) is 53.2 Å². The number of hydrogen-bond donors (Lipinski definition) is 0. The molecule has 9 aromatic rings. The highest BCUT2D eigenvalue weighted by molar-refractivity contribution is 6.74. The third-order valence-corrected chi connectivity index (χ3v) is 10.3. The fraction of sp³-hybridized carbons (Fsp3) is 0.0476. The van der Waals surface area contributed by atoms with E-state index in [9.17, 15) is 0 Å². The Kier molecular flexibility index (Phi) is 4.77. The molecule has 1 aliphatic heterocycles. The number of benzene rings is 6. The van der Waals surface area contributed by atoms with Crippen LogP contribution in [-0.4, -0.2) is 11.8 Å². The summed E-state index contributed by atoms with van der Waals surface area (Å²) in [7, 11) is 0.891. The van der Waals surface area contributed by atoms with E-state index in [1.54, 1.807) is 0 Å². The number of rotatable bonds is 2. The van der Waals surface area contributed by atoms with Crippen LogP contribution in [0.15, 0.2) is 130 Å². The quantitative estimate of drug-likeness (QED) is 0.189. The lowest BCUT2D eigenvalue weighted by molar-refractivity contribution is 0.668. The van der Waals surface area contributed by atoms with E-state index in [0.29, 0.717) is 0 Å². The molecule has 3 aromatic heterocycles. The standard InChI is InChI=1S/C42H26BNO2/c1-4-15-33-26(9-1)29-21-22-37-40(30-11-3-6-18-36(30)45-37)42(29)44(33)34-16-8-13-31-39-25(12-7-14-32(39)43-41(31)34)24-19-20-28-27-10-2-5-17-35(27)46-38(28)23-24/h2-8,10-23,43H,1,9H2. The molecular formula is C42H26BNO2. The number of fused-ring (bicyclic) bond motifs is 13. The summed E-state index contributed by atoms with van der Waals surface area (Å²) in [4.78, 5) is 0. The van der Waals surface area contributed by atoms with E-state index < -0.39 is 0 Å². The summed E-state index contributed by atoms with van der Waals surface area (Å²) >= 11 is 0. The molecular weight excluding hydrogens is 561 g/mol. The number of aryl methyl sites for hydroxylation is 1. The van der Waals surface area contributed by atoms with Gasteiger partial charge in [-0.25, -0.2) is 0 Å². The Morgan fingerprint density at radius 1 is 0.609 bits per heavy atom. The van der Waals surface area contributed by atoms with Gasteiger partial charge in [0.05, 0.1) is 10.9 Å². The van der Waals surface area contributed by atoms with Gasteiger partial charge in [-0.15, -0.1) is 0 Å². The molecule has 0 unspecified atom stereocenters. The van der Waals surface area contributed by atoms with E-state index in [1.165, 1.54) is 71.8 Å². The van der Waals surface area contributed by atoms with Gasteiger partial charge in [0.25, 0.3) is 0 Å². The Morgan fingerprint density at radius 2 is 1.37 bits per heavy atom. The first-order chi connectivity index (χ1) is 22.8. The largest absolute Gasteiger partial charge is 0.456 e. The normalized spacial score (nSPS) is 13.6. The molecule has 6 aromatic carbocycles. The van der Waals surface area contributed by atoms with Crippen molar-refractivity contribution in [1.29, 1.82) is 0 Å². The second-order valence-corrected chi connectivity index (χ2v) is 12.7. The van der Waals surface area contributed by atoms with Gasteiger partial charge in [-0.1, -0.05) is 84.3 Å². The summed E-state index contributed by atoms with van der Waals surface area (Å²) in [5, 5.41) is 6.01. The molecule has 11 rings (SSSR count). The molecule has 0 saturated heterocycles. The van der Waals surface area contributed by atoms with Crippen molar-refractivity contribution < 1.29 is 8.83 Å². The second-order valence-electron chi connectivity index (χ2n) is 12.7. The fourth-order valence-electron chi connectivity index (χ4n) is 8.37. The van der Waals surface area contributed by atoms with Gasteiger partial charge in [-0.05, 0) is 94.7 Å². The van der Waals surface area contributed by atoms with E-state index in [4.69, 9.17) is 8.83 Å². The molecule has 0 fully saturated rings. The number of para-hydroxylation sites is 2. The molecule has 0 radical (unpaired) electrons. The Hall–Kier alpha value is -5.74. The lowest BCUT2D eigenvalue weighted by Gasteiger charge is -2.17. The molecule has 0 bridgehead atoms. The molecule has 4 heteroatoms. The van der Waals surface area contributed by atoms with E-state index in [2.05, 4.69) is 120 Å². The van der Waals surface area contributed by atoms with Gasteiger partial charge in [0.15, 0.2) is 7.28 Å². The molecule has 0 N–H and O–H groups in total. The summed E-state index contributed by atoms with van der Waals surface area (Å²) in [6.45, 7) is 0. The molecule has 4 heterocycles. The first-order valence-corrected chi connectivity index (χ1v) is 16.1. The maximum atomic E-state index is 6.40. The number of aromatic nitrogens is 1. The Balaban J connectivity index is 1.17. The summed E-state index contributed by atoms with van der Waals surface area (Å²) in [5.41, 5.74) is 16.8. The minimum absolute atomic E-state index is 0.891. The zero-order valence-corrected chi connectivity index (χ0v) is 25.0. The van der Waals surface area contributed by atoms with Gasteiger partial charge < -0.3 is 13.4 Å². The highest BCUT2D eigenvalue weighted by atomic mass is 16.3. The van der Waals surface area contributed by atoms with E-state index in [-0.39, 0.29) is 0 Å². The smallest absolute Gasteiger partial charge is 0.196 e. The van der Waals surface area contributed by atoms with Crippen LogP contribution >= 0.6 is 0 Å². The van der Waals surface area contributed by atoms with Crippen molar-refractivity contribution in [2.45, 2.75) is 12.8 Å². The monoisotopic (exact) mass is 587 g/mol. The van der Waals surface area contributed by atoms with Crippen molar-refractivity contribution in [3.8, 4) is 27.9 Å². The van der Waals surface area contributed by atoms with Gasteiger partial charge in [-0.2, -0.15) is 0 Å². The molecule has 214 valence electrons. The third kappa shape index (κ3) is 3.18. The number of nitrogens with zero attached hydrogens (tertiary/aromatic N) is 1. The Labute approximate surface area is 265 Å². The van der Waals surface area contributed by atoms with Gasteiger partial charge >= 0.3 is 0 Å². The van der Waals surface area contributed by atoms with Crippen molar-refractivity contribution in [2.75, 3.05) is 0 Å². The maximum absolute atomic E-state index is 6.40. The molecule has 2 aliphatic rings. The second kappa shape index (κ2) is 8.92. The zero-order valence-electron chi connectivity index (χ0n) is 25.0. The summed E-state index contributed by atoms with van der Waals surface area (Å²) in [6, 6.07) is 41.5. The molecule has 3 nitrogen and oxygen atoms in total. The highest BCUT2D eigenvalue weighted by Gasteiger charge is 2.29. The van der Waals surface area contributed by atoms with Crippen molar-refractivity contribution in [1.82, 2.24) is 4.57 Å². The topological polar surface area (TPSA) is 31.2 Å². The minimum Gasteiger partial charge on any atom is -0.456 e. The first-order valence-electron chi connectivity index (χ1n) is 16.1. The maximum Gasteiger partial charge on any atom is 0.196 e. The van der Waals surface area contributed by atoms with Crippen LogP contribution in [0.4, 0.5) is 0 Å². The van der Waals surface area contributed by atoms with Crippen LogP contribution in [-0.2, 0) is 6.42 Å². The van der Waals surface area contributed by atoms with Crippen LogP contribution in [0.25, 0.3) is 88.8 Å². The lowest BCUT2D eigenvalue weighted by atomic mass is 9.67. The molecule has 46 heavy (non-hydrogen) atoms. The van der Waals surface area contributed by atoms with E-state index in [1.807, 2.05) is 12.1 Å². The Morgan fingerprint density at radius 3 is 2.30 bits per heavy atom. The van der Waals surface area contributed by atoms with Crippen LogP contribution in [0.3, 0.4) is 0 Å². The average molecular weight is 587 g/mol. The Bertz CT molecular complexity index is 2790. The zero-order chi connectivity index (χ0) is 29.9. The van der Waals surface area contributed by atoms with Gasteiger partial charge in [0.1, 0.15) is 22.3 Å². The van der Waals surface area contributed by atoms with Gasteiger partial charge in [-0.3, -0.25) is 0 Å². The summed E-state index contributed by atoms with van der Waals surface area (Å²) in [5.74, 6) is 0. The number of allylic oxidation sites excluding steroid dienone is 1. The predicted molar refractivity (Wildman–Crippen MR) is 192 cm³/mol. The van der Waals surface area contributed by atoms with Crippen LogP contribution in [0.2, 0.25) is 0 Å². The molecule has 0 amide bonds. The summed E-state index contributed by atoms with van der Waals surface area (Å²) < 4.78 is 15.2. The lowest BCUT2D eigenvalue weighted by Crippen LogP contribution is -2.25. The third-order valence-electron chi connectivity index (χ3n) is 10.3. The summed E-state index contributed by atoms with van der Waals surface area (Å²) in [6.07, 6.45) is 6.77. The van der Waals surface area contributed by atoms with Crippen molar-refractivity contribution in [3.05, 3.63) is 133 Å². The number of hydrogen-bond acceptors (Lipinski definition) is 2. The minimum atomic E-state index is 0.891. The average Bonchev–Trinajstić information content (AvgIpc) is 3.86. The first kappa shape index (κ1) is 24.6. The van der Waals surface area contributed by atoms with Gasteiger partial charge in [0.2, 0.25) is 0 Å². The van der Waals surface area contributed by atoms with Crippen LogP contribution in [0.1, 0.15) is 17.7 Å². The molecule has 0 atom stereocenters.